The van der Waals surface area contributed by atoms with Gasteiger partial charge in [-0.05, 0) is 53.4 Å². The topological polar surface area (TPSA) is 111 Å². The molecular weight excluding hydrogens is 621 g/mol. The summed E-state index contributed by atoms with van der Waals surface area (Å²) in [6.07, 6.45) is -1.07. The summed E-state index contributed by atoms with van der Waals surface area (Å²) >= 11 is 1.66. The van der Waals surface area contributed by atoms with Crippen LogP contribution in [0.3, 0.4) is 0 Å². The molecule has 1 heterocycles. The van der Waals surface area contributed by atoms with Crippen molar-refractivity contribution in [2.45, 2.75) is 49.3 Å². The van der Waals surface area contributed by atoms with E-state index in [0.29, 0.717) is 17.0 Å². The predicted molar refractivity (Wildman–Crippen MR) is 190 cm³/mol. The minimum atomic E-state index is -0.664. The number of ether oxygens (including phenoxy) is 2. The van der Waals surface area contributed by atoms with Crippen LogP contribution in [0.1, 0.15) is 63.4 Å². The Bertz CT molecular complexity index is 1850. The van der Waals surface area contributed by atoms with Crippen molar-refractivity contribution in [1.29, 1.82) is 0 Å². The van der Waals surface area contributed by atoms with Crippen LogP contribution < -0.4 is 11.1 Å². The normalized spacial score (nSPS) is 19.0. The second kappa shape index (κ2) is 15.4. The quantitative estimate of drug-likeness (QED) is 0.0752. The van der Waals surface area contributed by atoms with Crippen LogP contribution >= 0.6 is 11.8 Å². The lowest BCUT2D eigenvalue weighted by Crippen LogP contribution is -2.38. The van der Waals surface area contributed by atoms with Gasteiger partial charge in [-0.3, -0.25) is 9.59 Å². The lowest BCUT2D eigenvalue weighted by molar-refractivity contribution is -0.255. The van der Waals surface area contributed by atoms with E-state index in [9.17, 15) is 14.7 Å². The van der Waals surface area contributed by atoms with Gasteiger partial charge >= 0.3 is 0 Å². The predicted octanol–water partition coefficient (Wildman–Crippen LogP) is 7.88. The number of carbonyl (C=O) groups is 2. The van der Waals surface area contributed by atoms with Crippen molar-refractivity contribution >= 4 is 34.8 Å². The Morgan fingerprint density at radius 3 is 2.17 bits per heavy atom. The van der Waals surface area contributed by atoms with Crippen molar-refractivity contribution in [2.75, 3.05) is 16.8 Å². The maximum atomic E-state index is 12.8. The van der Waals surface area contributed by atoms with Gasteiger partial charge < -0.3 is 25.6 Å². The van der Waals surface area contributed by atoms with Gasteiger partial charge in [-0.25, -0.2) is 0 Å². The summed E-state index contributed by atoms with van der Waals surface area (Å²) in [5.41, 5.74) is 12.8. The summed E-state index contributed by atoms with van der Waals surface area (Å²) in [6, 6.07) is 40.6. The molecule has 0 radical (unpaired) electrons. The molecule has 5 aromatic rings. The number of nitrogens with two attached hydrogens (primary N) is 1. The number of ketones is 1. The van der Waals surface area contributed by atoms with Crippen LogP contribution in [0.15, 0.2) is 132 Å². The second-order valence-corrected chi connectivity index (χ2v) is 12.9. The van der Waals surface area contributed by atoms with Crippen LogP contribution in [0.5, 0.6) is 0 Å². The third kappa shape index (κ3) is 8.03. The fraction of sp³-hybridized carbons (Fsp3) is 0.200. The van der Waals surface area contributed by atoms with E-state index in [2.05, 4.69) is 17.4 Å². The average molecular weight is 659 g/mol. The molecule has 244 valence electrons. The number of benzene rings is 5. The van der Waals surface area contributed by atoms with Gasteiger partial charge in [0.15, 0.2) is 12.1 Å². The molecule has 0 bridgehead atoms. The van der Waals surface area contributed by atoms with E-state index < -0.39 is 6.29 Å². The third-order valence-electron chi connectivity index (χ3n) is 8.46. The number of amides is 1. The van der Waals surface area contributed by atoms with Crippen molar-refractivity contribution in [3.63, 3.8) is 0 Å². The lowest BCUT2D eigenvalue weighted by Gasteiger charge is -2.43. The third-order valence-corrected chi connectivity index (χ3v) is 9.64. The summed E-state index contributed by atoms with van der Waals surface area (Å²) in [6.45, 7) is 1.46. The van der Waals surface area contributed by atoms with Crippen LogP contribution in [-0.4, -0.2) is 28.7 Å². The lowest BCUT2D eigenvalue weighted by atomic mass is 9.84. The Kier molecular flexibility index (Phi) is 10.7. The van der Waals surface area contributed by atoms with Gasteiger partial charge in [-0.1, -0.05) is 103 Å². The van der Waals surface area contributed by atoms with Crippen LogP contribution in [0, 0.1) is 0 Å². The van der Waals surface area contributed by atoms with Gasteiger partial charge in [0, 0.05) is 39.1 Å². The average Bonchev–Trinajstić information content (AvgIpc) is 3.11. The number of thioether (sulfide) groups is 1. The molecule has 0 saturated carbocycles. The minimum Gasteiger partial charge on any atom is -0.398 e. The van der Waals surface area contributed by atoms with E-state index in [1.165, 1.54) is 6.92 Å². The molecule has 4 atom stereocenters. The zero-order valence-corrected chi connectivity index (χ0v) is 27.4. The molecule has 5 aromatic carbocycles. The van der Waals surface area contributed by atoms with Gasteiger partial charge in [-0.2, -0.15) is 0 Å². The molecule has 1 aliphatic rings. The number of aliphatic hydroxyl groups excluding tert-OH is 1. The van der Waals surface area contributed by atoms with Gasteiger partial charge in [0.05, 0.1) is 25.2 Å². The van der Waals surface area contributed by atoms with Gasteiger partial charge in [0.25, 0.3) is 0 Å². The molecule has 1 amide bonds. The molecule has 0 aliphatic carbocycles. The van der Waals surface area contributed by atoms with E-state index in [1.54, 1.807) is 36.0 Å². The van der Waals surface area contributed by atoms with Crippen molar-refractivity contribution in [3.8, 4) is 0 Å². The zero-order valence-electron chi connectivity index (χ0n) is 26.6. The standard InChI is InChI=1S/C40H38N2O5S/c1-26(44)32-10-7-11-33(23-32)42-37(45)22-27-14-20-31(21-15-27)40-46-35(25-48-36-13-6-5-12-34(36)41)38(29-8-3-2-4-9-29)39(47-40)30-18-16-28(24-43)17-19-30/h2-21,23,35,38-40,43H,22,24-25,41H2,1H3,(H,42,45). The maximum absolute atomic E-state index is 12.8. The molecule has 6 rings (SSSR count). The Balaban J connectivity index is 1.26. The first-order valence-corrected chi connectivity index (χ1v) is 16.9. The summed E-state index contributed by atoms with van der Waals surface area (Å²) < 4.78 is 13.6. The first kappa shape index (κ1) is 33.2. The molecule has 8 heteroatoms. The van der Waals surface area contributed by atoms with Crippen LogP contribution in [0.2, 0.25) is 0 Å². The SMILES string of the molecule is CC(=O)c1cccc(NC(=O)Cc2ccc(C3OC(CSc4ccccc4N)C(c4ccccc4)C(c4ccc(CO)cc4)O3)cc2)c1. The number of aliphatic hydroxyl groups is 1. The van der Waals surface area contributed by atoms with E-state index in [-0.39, 0.29) is 42.8 Å². The molecule has 7 nitrogen and oxygen atoms in total. The maximum Gasteiger partial charge on any atom is 0.228 e. The second-order valence-electron chi connectivity index (χ2n) is 11.9. The van der Waals surface area contributed by atoms with Crippen molar-refractivity contribution in [1.82, 2.24) is 0 Å². The number of Topliss-reactive ketones (excluding diaryl/α,β-unsaturated/α-hetero) is 1. The molecular formula is C40H38N2O5S. The number of hydrogen-bond acceptors (Lipinski definition) is 7. The minimum absolute atomic E-state index is 0.0351. The molecule has 4 N–H and O–H groups in total. The van der Waals surface area contributed by atoms with E-state index in [1.807, 2.05) is 91.0 Å². The summed E-state index contributed by atoms with van der Waals surface area (Å²) in [5, 5.41) is 12.6. The number of hydrogen-bond donors (Lipinski definition) is 3. The van der Waals surface area contributed by atoms with Crippen molar-refractivity contribution in [3.05, 3.63) is 161 Å². The highest BCUT2D eigenvalue weighted by molar-refractivity contribution is 7.99. The number of rotatable bonds is 11. The summed E-state index contributed by atoms with van der Waals surface area (Å²) in [7, 11) is 0. The van der Waals surface area contributed by atoms with Crippen LogP contribution in [0.25, 0.3) is 0 Å². The van der Waals surface area contributed by atoms with Gasteiger partial charge in [-0.15, -0.1) is 11.8 Å². The molecule has 0 aromatic heterocycles. The van der Waals surface area contributed by atoms with E-state index >= 15 is 0 Å². The zero-order chi connectivity index (χ0) is 33.5. The molecule has 1 aliphatic heterocycles. The Labute approximate surface area is 285 Å². The first-order valence-electron chi connectivity index (χ1n) is 15.9. The molecule has 1 fully saturated rings. The van der Waals surface area contributed by atoms with Crippen molar-refractivity contribution < 1.29 is 24.2 Å². The number of nitrogens with one attached hydrogen (secondary N) is 1. The summed E-state index contributed by atoms with van der Waals surface area (Å²) in [4.78, 5) is 25.6. The number of anilines is 2. The monoisotopic (exact) mass is 658 g/mol. The Hall–Kier alpha value is -4.73. The highest BCUT2D eigenvalue weighted by Crippen LogP contribution is 2.48. The van der Waals surface area contributed by atoms with Gasteiger partial charge in [0.2, 0.25) is 5.91 Å². The summed E-state index contributed by atoms with van der Waals surface area (Å²) in [5.74, 6) is 0.285. The number of para-hydroxylation sites is 1. The fourth-order valence-corrected chi connectivity index (χ4v) is 6.97. The molecule has 48 heavy (non-hydrogen) atoms. The molecule has 1 saturated heterocycles. The van der Waals surface area contributed by atoms with E-state index in [0.717, 1.165) is 38.4 Å². The largest absolute Gasteiger partial charge is 0.398 e. The highest BCUT2D eigenvalue weighted by Gasteiger charge is 2.42. The number of nitrogen functional groups attached to an aromatic ring is 1. The Morgan fingerprint density at radius 1 is 0.771 bits per heavy atom. The molecule has 0 spiro atoms. The highest BCUT2D eigenvalue weighted by atomic mass is 32.2. The fourth-order valence-electron chi connectivity index (χ4n) is 5.93. The smallest absolute Gasteiger partial charge is 0.228 e. The van der Waals surface area contributed by atoms with Gasteiger partial charge in [0.1, 0.15) is 0 Å². The van der Waals surface area contributed by atoms with E-state index in [4.69, 9.17) is 15.2 Å². The van der Waals surface area contributed by atoms with Crippen LogP contribution in [0.4, 0.5) is 11.4 Å². The van der Waals surface area contributed by atoms with Crippen molar-refractivity contribution in [2.24, 2.45) is 0 Å². The number of carbonyl (C=O) groups excluding carboxylic acids is 2. The molecule has 4 unspecified atom stereocenters. The van der Waals surface area contributed by atoms with Crippen LogP contribution in [-0.2, 0) is 27.3 Å². The first-order chi connectivity index (χ1) is 23.4. The Morgan fingerprint density at radius 2 is 1.46 bits per heavy atom.